The number of aliphatic hydroxyl groups excluding tert-OH is 1. The van der Waals surface area contributed by atoms with Crippen molar-refractivity contribution in [3.63, 3.8) is 0 Å². The van der Waals surface area contributed by atoms with E-state index in [1.807, 2.05) is 24.3 Å². The van der Waals surface area contributed by atoms with Crippen molar-refractivity contribution in [2.45, 2.75) is 45.1 Å². The van der Waals surface area contributed by atoms with Crippen molar-refractivity contribution >= 4 is 17.3 Å². The molecule has 0 bridgehead atoms. The van der Waals surface area contributed by atoms with Crippen LogP contribution in [0.5, 0.6) is 0 Å². The van der Waals surface area contributed by atoms with E-state index in [-0.39, 0.29) is 12.1 Å². The van der Waals surface area contributed by atoms with Gasteiger partial charge >= 0.3 is 0 Å². The molecule has 100 valence electrons. The Hall–Kier alpha value is -0.730. The van der Waals surface area contributed by atoms with Crippen LogP contribution < -0.4 is 5.32 Å². The van der Waals surface area contributed by atoms with Gasteiger partial charge < -0.3 is 10.4 Å². The molecule has 1 aromatic carbocycles. The lowest BCUT2D eigenvalue weighted by atomic mass is 9.68. The fraction of sp³-hybridized carbons (Fsp3) is 0.600. The molecule has 1 aliphatic carbocycles. The van der Waals surface area contributed by atoms with Crippen LogP contribution in [0.2, 0.25) is 5.02 Å². The molecule has 1 atom stereocenters. The van der Waals surface area contributed by atoms with Gasteiger partial charge in [0.1, 0.15) is 0 Å². The van der Waals surface area contributed by atoms with Crippen molar-refractivity contribution in [1.82, 2.24) is 0 Å². The molecule has 0 aromatic heterocycles. The smallest absolute Gasteiger partial charge is 0.0661 e. The van der Waals surface area contributed by atoms with E-state index >= 15 is 0 Å². The van der Waals surface area contributed by atoms with Gasteiger partial charge in [0.15, 0.2) is 0 Å². The maximum absolute atomic E-state index is 9.80. The first-order chi connectivity index (χ1) is 8.45. The van der Waals surface area contributed by atoms with Crippen LogP contribution in [0.3, 0.4) is 0 Å². The second kappa shape index (κ2) is 5.10. The Morgan fingerprint density at radius 3 is 2.44 bits per heavy atom. The van der Waals surface area contributed by atoms with E-state index < -0.39 is 0 Å². The SMILES string of the molecule is CC1(C)CCCC(CO)(Nc2ccc(Cl)cc2)C1. The number of benzene rings is 1. The molecule has 2 N–H and O–H groups in total. The average Bonchev–Trinajstić information content (AvgIpc) is 2.31. The van der Waals surface area contributed by atoms with Crippen molar-refractivity contribution in [3.8, 4) is 0 Å². The third-order valence-corrected chi connectivity index (χ3v) is 4.13. The highest BCUT2D eigenvalue weighted by Crippen LogP contribution is 2.42. The Bertz CT molecular complexity index is 401. The third kappa shape index (κ3) is 3.18. The van der Waals surface area contributed by atoms with E-state index in [0.717, 1.165) is 30.0 Å². The largest absolute Gasteiger partial charge is 0.394 e. The Labute approximate surface area is 114 Å². The summed E-state index contributed by atoms with van der Waals surface area (Å²) in [5.41, 5.74) is 1.14. The maximum atomic E-state index is 9.80. The van der Waals surface area contributed by atoms with Crippen LogP contribution in [-0.2, 0) is 0 Å². The number of aliphatic hydroxyl groups is 1. The summed E-state index contributed by atoms with van der Waals surface area (Å²) in [5, 5.41) is 14.1. The zero-order valence-electron chi connectivity index (χ0n) is 11.2. The molecule has 0 amide bonds. The Balaban J connectivity index is 2.15. The minimum absolute atomic E-state index is 0.180. The van der Waals surface area contributed by atoms with Crippen LogP contribution in [0.15, 0.2) is 24.3 Å². The molecule has 3 heteroatoms. The summed E-state index contributed by atoms with van der Waals surface area (Å²) in [6.45, 7) is 4.74. The molecular weight excluding hydrogens is 246 g/mol. The fourth-order valence-corrected chi connectivity index (χ4v) is 3.24. The van der Waals surface area contributed by atoms with Gasteiger partial charge in [-0.1, -0.05) is 31.9 Å². The van der Waals surface area contributed by atoms with Gasteiger partial charge in [-0.3, -0.25) is 0 Å². The van der Waals surface area contributed by atoms with E-state index in [4.69, 9.17) is 11.6 Å². The lowest BCUT2D eigenvalue weighted by molar-refractivity contribution is 0.105. The summed E-state index contributed by atoms with van der Waals surface area (Å²) in [4.78, 5) is 0. The number of rotatable bonds is 3. The van der Waals surface area contributed by atoms with Crippen LogP contribution in [0.25, 0.3) is 0 Å². The maximum Gasteiger partial charge on any atom is 0.0661 e. The van der Waals surface area contributed by atoms with Crippen molar-refractivity contribution in [3.05, 3.63) is 29.3 Å². The third-order valence-electron chi connectivity index (χ3n) is 3.88. The average molecular weight is 268 g/mol. The number of hydrogen-bond acceptors (Lipinski definition) is 2. The normalized spacial score (nSPS) is 26.9. The van der Waals surface area contributed by atoms with Gasteiger partial charge in [-0.05, 0) is 48.9 Å². The van der Waals surface area contributed by atoms with E-state index in [2.05, 4.69) is 19.2 Å². The molecule has 0 radical (unpaired) electrons. The van der Waals surface area contributed by atoms with Gasteiger partial charge in [0.05, 0.1) is 12.1 Å². The molecule has 0 saturated heterocycles. The molecule has 2 nitrogen and oxygen atoms in total. The van der Waals surface area contributed by atoms with E-state index in [1.165, 1.54) is 6.42 Å². The number of halogens is 1. The van der Waals surface area contributed by atoms with Crippen molar-refractivity contribution in [2.75, 3.05) is 11.9 Å². The molecule has 1 unspecified atom stereocenters. The van der Waals surface area contributed by atoms with Gasteiger partial charge in [0.25, 0.3) is 0 Å². The van der Waals surface area contributed by atoms with Crippen LogP contribution in [-0.4, -0.2) is 17.3 Å². The molecule has 18 heavy (non-hydrogen) atoms. The van der Waals surface area contributed by atoms with Gasteiger partial charge in [0.2, 0.25) is 0 Å². The highest BCUT2D eigenvalue weighted by Gasteiger charge is 2.39. The van der Waals surface area contributed by atoms with Gasteiger partial charge in [-0.2, -0.15) is 0 Å². The van der Waals surface area contributed by atoms with Crippen molar-refractivity contribution in [1.29, 1.82) is 0 Å². The van der Waals surface area contributed by atoms with Crippen LogP contribution >= 0.6 is 11.6 Å². The molecule has 0 aliphatic heterocycles. The second-order valence-electron chi connectivity index (χ2n) is 6.26. The number of nitrogens with one attached hydrogen (secondary N) is 1. The van der Waals surface area contributed by atoms with Gasteiger partial charge in [0, 0.05) is 10.7 Å². The van der Waals surface area contributed by atoms with Gasteiger partial charge in [-0.25, -0.2) is 0 Å². The van der Waals surface area contributed by atoms with Crippen LogP contribution in [0, 0.1) is 5.41 Å². The van der Waals surface area contributed by atoms with Crippen LogP contribution in [0.1, 0.15) is 39.5 Å². The Morgan fingerprint density at radius 2 is 1.89 bits per heavy atom. The first kappa shape index (κ1) is 13.7. The predicted octanol–water partition coefficient (Wildman–Crippen LogP) is 4.08. The molecule has 1 aliphatic rings. The minimum Gasteiger partial charge on any atom is -0.394 e. The van der Waals surface area contributed by atoms with Crippen LogP contribution in [0.4, 0.5) is 5.69 Å². The quantitative estimate of drug-likeness (QED) is 0.865. The van der Waals surface area contributed by atoms with Gasteiger partial charge in [-0.15, -0.1) is 0 Å². The molecule has 2 rings (SSSR count). The Morgan fingerprint density at radius 1 is 1.22 bits per heavy atom. The first-order valence-corrected chi connectivity index (χ1v) is 6.97. The standard InChI is InChI=1S/C15H22ClNO/c1-14(2)8-3-9-15(10-14,11-18)17-13-6-4-12(16)5-7-13/h4-7,17-18H,3,8-11H2,1-2H3. The summed E-state index contributed by atoms with van der Waals surface area (Å²) >= 11 is 5.89. The fourth-order valence-electron chi connectivity index (χ4n) is 3.12. The number of hydrogen-bond donors (Lipinski definition) is 2. The van der Waals surface area contributed by atoms with E-state index in [1.54, 1.807) is 0 Å². The predicted molar refractivity (Wildman–Crippen MR) is 77.1 cm³/mol. The lowest BCUT2D eigenvalue weighted by Gasteiger charge is -2.45. The molecule has 1 aromatic rings. The molecule has 0 spiro atoms. The Kier molecular flexibility index (Phi) is 3.88. The topological polar surface area (TPSA) is 32.3 Å². The summed E-state index contributed by atoms with van der Waals surface area (Å²) in [6, 6.07) is 7.70. The zero-order chi connectivity index (χ0) is 13.2. The monoisotopic (exact) mass is 267 g/mol. The zero-order valence-corrected chi connectivity index (χ0v) is 11.9. The van der Waals surface area contributed by atoms with E-state index in [9.17, 15) is 5.11 Å². The van der Waals surface area contributed by atoms with E-state index in [0.29, 0.717) is 5.41 Å². The summed E-state index contributed by atoms with van der Waals surface area (Å²) in [7, 11) is 0. The summed E-state index contributed by atoms with van der Waals surface area (Å²) in [5.74, 6) is 0. The highest BCUT2D eigenvalue weighted by molar-refractivity contribution is 6.30. The molecule has 1 saturated carbocycles. The second-order valence-corrected chi connectivity index (χ2v) is 6.70. The molecule has 1 fully saturated rings. The summed E-state index contributed by atoms with van der Waals surface area (Å²) < 4.78 is 0. The highest BCUT2D eigenvalue weighted by atomic mass is 35.5. The molecule has 0 heterocycles. The lowest BCUT2D eigenvalue weighted by Crippen LogP contribution is -2.48. The summed E-state index contributed by atoms with van der Waals surface area (Å²) in [6.07, 6.45) is 4.42. The molecular formula is C15H22ClNO. The van der Waals surface area contributed by atoms with Crippen molar-refractivity contribution in [2.24, 2.45) is 5.41 Å². The minimum atomic E-state index is -0.185. The number of anilines is 1. The van der Waals surface area contributed by atoms with Crippen molar-refractivity contribution < 1.29 is 5.11 Å². The first-order valence-electron chi connectivity index (χ1n) is 6.59.